The Morgan fingerprint density at radius 3 is 2.43 bits per heavy atom. The number of nitrogens with one attached hydrogen (secondary N) is 4. The van der Waals surface area contributed by atoms with Crippen molar-refractivity contribution in [2.24, 2.45) is 5.73 Å². The van der Waals surface area contributed by atoms with Gasteiger partial charge in [0.2, 0.25) is 15.9 Å². The van der Waals surface area contributed by atoms with Gasteiger partial charge in [0.15, 0.2) is 5.76 Å². The summed E-state index contributed by atoms with van der Waals surface area (Å²) in [6.07, 6.45) is -0.182. The van der Waals surface area contributed by atoms with Gasteiger partial charge >= 0.3 is 5.97 Å². The Hall–Kier alpha value is -4.23. The summed E-state index contributed by atoms with van der Waals surface area (Å²) in [5.41, 5.74) is 6.36. The third-order valence-corrected chi connectivity index (χ3v) is 6.33. The molecule has 7 N–H and O–H groups in total. The lowest BCUT2D eigenvalue weighted by molar-refractivity contribution is -0.138. The summed E-state index contributed by atoms with van der Waals surface area (Å²) in [5, 5.41) is 22.2. The summed E-state index contributed by atoms with van der Waals surface area (Å²) >= 11 is 0. The molecule has 3 aromatic rings. The van der Waals surface area contributed by atoms with Gasteiger partial charge in [0.05, 0.1) is 4.90 Å². The molecule has 2 aromatic carbocycles. The minimum atomic E-state index is -4.10. The number of nitrogen functional groups attached to an aromatic ring is 1. The van der Waals surface area contributed by atoms with Crippen LogP contribution in [0.2, 0.25) is 0 Å². The second-order valence-corrected chi connectivity index (χ2v) is 9.13. The highest BCUT2D eigenvalue weighted by atomic mass is 32.2. The van der Waals surface area contributed by atoms with Crippen LogP contribution in [0.1, 0.15) is 22.5 Å². The van der Waals surface area contributed by atoms with Crippen molar-refractivity contribution in [3.63, 3.8) is 0 Å². The van der Waals surface area contributed by atoms with Gasteiger partial charge in [-0.15, -0.1) is 0 Å². The van der Waals surface area contributed by atoms with Crippen molar-refractivity contribution in [3.05, 3.63) is 65.9 Å². The molecule has 0 aliphatic heterocycles. The van der Waals surface area contributed by atoms with E-state index in [1.807, 2.05) is 4.72 Å². The maximum Gasteiger partial charge on any atom is 0.323 e. The molecule has 0 spiro atoms. The quantitative estimate of drug-likeness (QED) is 0.160. The van der Waals surface area contributed by atoms with E-state index in [-0.39, 0.29) is 29.5 Å². The number of amidine groups is 1. The van der Waals surface area contributed by atoms with Crippen molar-refractivity contribution in [3.8, 4) is 0 Å². The van der Waals surface area contributed by atoms with Crippen LogP contribution in [-0.4, -0.2) is 56.3 Å². The van der Waals surface area contributed by atoms with Crippen LogP contribution in [-0.2, 0) is 19.6 Å². The number of nitrogens with two attached hydrogens (primary N) is 1. The summed E-state index contributed by atoms with van der Waals surface area (Å²) in [5.74, 6) is -2.75. The molecule has 0 unspecified atom stereocenters. The molecule has 0 saturated carbocycles. The van der Waals surface area contributed by atoms with Crippen LogP contribution in [0.3, 0.4) is 0 Å². The van der Waals surface area contributed by atoms with E-state index < -0.39 is 40.4 Å². The molecular weight excluding hydrogens is 478 g/mol. The van der Waals surface area contributed by atoms with Crippen LogP contribution in [0.25, 0.3) is 11.0 Å². The van der Waals surface area contributed by atoms with E-state index in [9.17, 15) is 27.9 Å². The second kappa shape index (κ2) is 10.8. The topological polar surface area (TPSA) is 205 Å². The van der Waals surface area contributed by atoms with Gasteiger partial charge in [-0.1, -0.05) is 18.2 Å². The van der Waals surface area contributed by atoms with E-state index >= 15 is 0 Å². The first-order valence-electron chi connectivity index (χ1n) is 10.3. The van der Waals surface area contributed by atoms with Gasteiger partial charge in [-0.05, 0) is 36.4 Å². The highest BCUT2D eigenvalue weighted by Gasteiger charge is 2.25. The third-order valence-electron chi connectivity index (χ3n) is 4.84. The fourth-order valence-electron chi connectivity index (χ4n) is 3.04. The second-order valence-electron chi connectivity index (χ2n) is 7.41. The van der Waals surface area contributed by atoms with Gasteiger partial charge in [0.1, 0.15) is 17.5 Å². The highest BCUT2D eigenvalue weighted by Crippen LogP contribution is 2.20. The number of carbonyl (C=O) groups is 3. The number of fused-ring (bicyclic) bond motifs is 1. The number of carboxylic acid groups (broad SMARTS) is 1. The molecular formula is C22H23N5O7S. The fourth-order valence-corrected chi connectivity index (χ4v) is 4.25. The van der Waals surface area contributed by atoms with Crippen molar-refractivity contribution in [2.75, 3.05) is 13.1 Å². The first-order chi connectivity index (χ1) is 16.6. The van der Waals surface area contributed by atoms with E-state index in [2.05, 4.69) is 10.6 Å². The molecule has 0 bridgehead atoms. The van der Waals surface area contributed by atoms with Crippen LogP contribution in [0, 0.1) is 5.41 Å². The molecule has 0 saturated heterocycles. The number of carboxylic acids is 1. The normalized spacial score (nSPS) is 12.1. The van der Waals surface area contributed by atoms with E-state index in [0.29, 0.717) is 16.5 Å². The molecule has 0 aliphatic rings. The number of rotatable bonds is 11. The zero-order valence-corrected chi connectivity index (χ0v) is 19.1. The van der Waals surface area contributed by atoms with E-state index in [0.717, 1.165) is 0 Å². The number of amides is 2. The van der Waals surface area contributed by atoms with Gasteiger partial charge in [-0.2, -0.15) is 4.72 Å². The van der Waals surface area contributed by atoms with Gasteiger partial charge < -0.3 is 25.9 Å². The van der Waals surface area contributed by atoms with Gasteiger partial charge in [0.25, 0.3) is 5.91 Å². The largest absolute Gasteiger partial charge is 0.480 e. The van der Waals surface area contributed by atoms with Crippen molar-refractivity contribution in [2.45, 2.75) is 17.4 Å². The zero-order valence-electron chi connectivity index (χ0n) is 18.3. The molecule has 1 heterocycles. The maximum atomic E-state index is 12.3. The van der Waals surface area contributed by atoms with Gasteiger partial charge in [0, 0.05) is 30.5 Å². The number of furan rings is 1. The molecule has 1 atom stereocenters. The monoisotopic (exact) mass is 501 g/mol. The molecule has 12 nitrogen and oxygen atoms in total. The Balaban J connectivity index is 1.49. The Kier molecular flexibility index (Phi) is 7.83. The number of benzene rings is 2. The first kappa shape index (κ1) is 25.4. The maximum absolute atomic E-state index is 12.3. The fraction of sp³-hybridized carbons (Fsp3) is 0.182. The number of aliphatic carboxylic acids is 1. The predicted octanol–water partition coefficient (Wildman–Crippen LogP) is 0.385. The lowest BCUT2D eigenvalue weighted by Gasteiger charge is -2.15. The van der Waals surface area contributed by atoms with E-state index in [1.165, 1.54) is 30.3 Å². The van der Waals surface area contributed by atoms with Crippen LogP contribution < -0.4 is 21.1 Å². The minimum Gasteiger partial charge on any atom is -0.480 e. The van der Waals surface area contributed by atoms with Gasteiger partial charge in [-0.3, -0.25) is 19.8 Å². The molecule has 0 radical (unpaired) electrons. The number of hydrogen-bond acceptors (Lipinski definition) is 7. The summed E-state index contributed by atoms with van der Waals surface area (Å²) in [6.45, 7) is -0.565. The molecule has 184 valence electrons. The van der Waals surface area contributed by atoms with Crippen LogP contribution in [0.15, 0.2) is 63.9 Å². The SMILES string of the molecule is N=C(N)c1ccc2oc(C(=O)NCCC(=O)NC[C@H](NS(=O)(=O)c3ccccc3)C(=O)O)cc2c1. The lowest BCUT2D eigenvalue weighted by atomic mass is 10.1. The minimum absolute atomic E-state index is 0.00219. The Labute approximate surface area is 200 Å². The van der Waals surface area contributed by atoms with Gasteiger partial charge in [-0.25, -0.2) is 8.42 Å². The number of hydrogen-bond donors (Lipinski definition) is 6. The molecule has 35 heavy (non-hydrogen) atoms. The summed E-state index contributed by atoms with van der Waals surface area (Å²) in [7, 11) is -4.10. The molecule has 13 heteroatoms. The van der Waals surface area contributed by atoms with Crippen molar-refractivity contribution in [1.82, 2.24) is 15.4 Å². The lowest BCUT2D eigenvalue weighted by Crippen LogP contribution is -2.48. The molecule has 3 rings (SSSR count). The summed E-state index contributed by atoms with van der Waals surface area (Å²) in [6, 6.07) is 11.9. The Bertz CT molecular complexity index is 1370. The Morgan fingerprint density at radius 2 is 1.77 bits per heavy atom. The average Bonchev–Trinajstić information content (AvgIpc) is 3.25. The van der Waals surface area contributed by atoms with E-state index in [1.54, 1.807) is 24.3 Å². The van der Waals surface area contributed by atoms with Crippen molar-refractivity contribution < 1.29 is 32.3 Å². The standard InChI is InChI=1S/C22H23N5O7S/c23-20(24)13-6-7-17-14(10-13)11-18(34-17)21(29)25-9-8-19(28)26-12-16(22(30)31)27-35(32,33)15-4-2-1-3-5-15/h1-7,10-11,16,27H,8-9,12H2,(H3,23,24)(H,25,29)(H,26,28)(H,30,31)/t16-/m0/s1. The Morgan fingerprint density at radius 1 is 1.06 bits per heavy atom. The summed E-state index contributed by atoms with van der Waals surface area (Å²) in [4.78, 5) is 35.7. The zero-order chi connectivity index (χ0) is 25.6. The van der Waals surface area contributed by atoms with Crippen molar-refractivity contribution >= 4 is 44.6 Å². The summed E-state index contributed by atoms with van der Waals surface area (Å²) < 4.78 is 32.2. The van der Waals surface area contributed by atoms with Crippen molar-refractivity contribution in [1.29, 1.82) is 5.41 Å². The van der Waals surface area contributed by atoms with Crippen LogP contribution in [0.4, 0.5) is 0 Å². The number of carbonyl (C=O) groups excluding carboxylic acids is 2. The van der Waals surface area contributed by atoms with E-state index in [4.69, 9.17) is 15.6 Å². The molecule has 1 aromatic heterocycles. The van der Waals surface area contributed by atoms with Crippen LogP contribution in [0.5, 0.6) is 0 Å². The highest BCUT2D eigenvalue weighted by molar-refractivity contribution is 7.89. The first-order valence-corrected chi connectivity index (χ1v) is 11.8. The number of sulfonamides is 1. The molecule has 2 amide bonds. The smallest absolute Gasteiger partial charge is 0.323 e. The predicted molar refractivity (Wildman–Crippen MR) is 125 cm³/mol. The molecule has 0 aliphatic carbocycles. The van der Waals surface area contributed by atoms with Crippen LogP contribution >= 0.6 is 0 Å². The molecule has 0 fully saturated rings. The average molecular weight is 502 g/mol. The third kappa shape index (κ3) is 6.65.